The number of halogens is 1. The van der Waals surface area contributed by atoms with Gasteiger partial charge in [0.2, 0.25) is 0 Å². The minimum atomic E-state index is -0.868. The molecule has 1 fully saturated rings. The van der Waals surface area contributed by atoms with Gasteiger partial charge in [0.15, 0.2) is 0 Å². The van der Waals surface area contributed by atoms with Gasteiger partial charge in [0.05, 0.1) is 7.11 Å². The van der Waals surface area contributed by atoms with Gasteiger partial charge < -0.3 is 10.1 Å². The predicted molar refractivity (Wildman–Crippen MR) is 57.8 cm³/mol. The lowest BCUT2D eigenvalue weighted by molar-refractivity contribution is 0.224. The summed E-state index contributed by atoms with van der Waals surface area (Å²) in [5, 5.41) is 3.15. The maximum atomic E-state index is 13.8. The van der Waals surface area contributed by atoms with Crippen molar-refractivity contribution in [2.45, 2.75) is 12.6 Å². The molecule has 1 atom stereocenters. The van der Waals surface area contributed by atoms with E-state index in [0.29, 0.717) is 12.3 Å². The Labute approximate surface area is 89.4 Å². The van der Waals surface area contributed by atoms with Gasteiger partial charge in [0.1, 0.15) is 11.9 Å². The number of hydrogen-bond donors (Lipinski definition) is 1. The first-order valence-corrected chi connectivity index (χ1v) is 5.28. The summed E-state index contributed by atoms with van der Waals surface area (Å²) in [4.78, 5) is 0. The third-order valence-corrected chi connectivity index (χ3v) is 2.86. The Hall–Kier alpha value is -1.09. The van der Waals surface area contributed by atoms with Crippen LogP contribution >= 0.6 is 0 Å². The molecule has 0 radical (unpaired) electrons. The summed E-state index contributed by atoms with van der Waals surface area (Å²) in [5.74, 6) is 1.22. The smallest absolute Gasteiger partial charge is 0.126 e. The average molecular weight is 209 g/mol. The van der Waals surface area contributed by atoms with Gasteiger partial charge in [-0.15, -0.1) is 0 Å². The van der Waals surface area contributed by atoms with Gasteiger partial charge in [0, 0.05) is 0 Å². The van der Waals surface area contributed by atoms with Crippen LogP contribution in [0.2, 0.25) is 0 Å². The SMILES string of the molecule is COc1cccc(C(F)CC2CNC2)c1. The van der Waals surface area contributed by atoms with Crippen LogP contribution in [0.15, 0.2) is 24.3 Å². The molecule has 3 heteroatoms. The van der Waals surface area contributed by atoms with Crippen LogP contribution in [0.25, 0.3) is 0 Å². The Morgan fingerprint density at radius 2 is 2.33 bits per heavy atom. The van der Waals surface area contributed by atoms with E-state index in [1.165, 1.54) is 0 Å². The molecule has 1 aromatic carbocycles. The number of methoxy groups -OCH3 is 1. The van der Waals surface area contributed by atoms with E-state index in [0.717, 1.165) is 24.4 Å². The lowest BCUT2D eigenvalue weighted by Crippen LogP contribution is -2.42. The maximum absolute atomic E-state index is 13.8. The highest BCUT2D eigenvalue weighted by Crippen LogP contribution is 2.28. The van der Waals surface area contributed by atoms with Gasteiger partial charge in [-0.25, -0.2) is 4.39 Å². The third-order valence-electron chi connectivity index (χ3n) is 2.86. The van der Waals surface area contributed by atoms with Crippen LogP contribution in [0.1, 0.15) is 18.2 Å². The van der Waals surface area contributed by atoms with Crippen molar-refractivity contribution in [1.82, 2.24) is 5.32 Å². The van der Waals surface area contributed by atoms with E-state index in [-0.39, 0.29) is 0 Å². The normalized spacial score (nSPS) is 18.3. The molecule has 1 unspecified atom stereocenters. The van der Waals surface area contributed by atoms with Crippen LogP contribution < -0.4 is 10.1 Å². The Kier molecular flexibility index (Phi) is 3.21. The lowest BCUT2D eigenvalue weighted by Gasteiger charge is -2.28. The van der Waals surface area contributed by atoms with Crippen LogP contribution in [0.5, 0.6) is 5.75 Å². The molecule has 1 aliphatic rings. The highest BCUT2D eigenvalue weighted by molar-refractivity contribution is 5.29. The van der Waals surface area contributed by atoms with Gasteiger partial charge in [-0.05, 0) is 43.1 Å². The van der Waals surface area contributed by atoms with Crippen molar-refractivity contribution >= 4 is 0 Å². The van der Waals surface area contributed by atoms with Crippen molar-refractivity contribution in [1.29, 1.82) is 0 Å². The van der Waals surface area contributed by atoms with Crippen molar-refractivity contribution in [2.75, 3.05) is 20.2 Å². The topological polar surface area (TPSA) is 21.3 Å². The molecule has 1 N–H and O–H groups in total. The number of benzene rings is 1. The van der Waals surface area contributed by atoms with Crippen LogP contribution in [0.4, 0.5) is 4.39 Å². The number of nitrogens with one attached hydrogen (secondary N) is 1. The average Bonchev–Trinajstić information content (AvgIpc) is 2.23. The number of rotatable bonds is 4. The van der Waals surface area contributed by atoms with E-state index in [1.54, 1.807) is 13.2 Å². The monoisotopic (exact) mass is 209 g/mol. The predicted octanol–water partition coefficient (Wildman–Crippen LogP) is 2.32. The second kappa shape index (κ2) is 4.62. The van der Waals surface area contributed by atoms with Gasteiger partial charge >= 0.3 is 0 Å². The third kappa shape index (κ3) is 2.48. The molecule has 15 heavy (non-hydrogen) atoms. The molecule has 0 aromatic heterocycles. The van der Waals surface area contributed by atoms with Gasteiger partial charge in [-0.3, -0.25) is 0 Å². The minimum absolute atomic E-state index is 0.492. The van der Waals surface area contributed by atoms with E-state index >= 15 is 0 Å². The fourth-order valence-electron chi connectivity index (χ4n) is 1.78. The molecule has 0 aliphatic carbocycles. The molecule has 0 spiro atoms. The van der Waals surface area contributed by atoms with E-state index in [2.05, 4.69) is 5.32 Å². The van der Waals surface area contributed by atoms with Crippen molar-refractivity contribution in [3.63, 3.8) is 0 Å². The van der Waals surface area contributed by atoms with Crippen molar-refractivity contribution < 1.29 is 9.13 Å². The molecule has 82 valence electrons. The Morgan fingerprint density at radius 3 is 2.93 bits per heavy atom. The van der Waals surface area contributed by atoms with Gasteiger partial charge in [-0.1, -0.05) is 12.1 Å². The summed E-state index contributed by atoms with van der Waals surface area (Å²) in [6.07, 6.45) is -0.257. The second-order valence-corrected chi connectivity index (χ2v) is 4.00. The summed E-state index contributed by atoms with van der Waals surface area (Å²) < 4.78 is 18.9. The Bertz CT molecular complexity index is 325. The zero-order valence-corrected chi connectivity index (χ0v) is 8.87. The maximum Gasteiger partial charge on any atom is 0.126 e. The molecule has 2 rings (SSSR count). The number of ether oxygens (including phenoxy) is 1. The van der Waals surface area contributed by atoms with E-state index in [1.807, 2.05) is 18.2 Å². The van der Waals surface area contributed by atoms with Gasteiger partial charge in [-0.2, -0.15) is 0 Å². The second-order valence-electron chi connectivity index (χ2n) is 4.00. The molecule has 1 heterocycles. The summed E-state index contributed by atoms with van der Waals surface area (Å²) in [6, 6.07) is 7.26. The first-order chi connectivity index (χ1) is 7.29. The summed E-state index contributed by atoms with van der Waals surface area (Å²) >= 11 is 0. The number of alkyl halides is 1. The highest BCUT2D eigenvalue weighted by Gasteiger charge is 2.22. The van der Waals surface area contributed by atoms with Crippen LogP contribution in [0, 0.1) is 5.92 Å². The van der Waals surface area contributed by atoms with E-state index in [4.69, 9.17) is 4.74 Å². The van der Waals surface area contributed by atoms with E-state index in [9.17, 15) is 4.39 Å². The molecule has 1 aliphatic heterocycles. The van der Waals surface area contributed by atoms with Gasteiger partial charge in [0.25, 0.3) is 0 Å². The molecule has 0 bridgehead atoms. The molecule has 2 nitrogen and oxygen atoms in total. The Balaban J connectivity index is 1.99. The fourth-order valence-corrected chi connectivity index (χ4v) is 1.78. The number of hydrogen-bond acceptors (Lipinski definition) is 2. The first kappa shape index (κ1) is 10.4. The zero-order valence-electron chi connectivity index (χ0n) is 8.87. The van der Waals surface area contributed by atoms with Crippen LogP contribution in [0.3, 0.4) is 0 Å². The largest absolute Gasteiger partial charge is 0.497 e. The summed E-state index contributed by atoms with van der Waals surface area (Å²) in [7, 11) is 1.60. The summed E-state index contributed by atoms with van der Waals surface area (Å²) in [5.41, 5.74) is 0.723. The highest BCUT2D eigenvalue weighted by atomic mass is 19.1. The lowest BCUT2D eigenvalue weighted by atomic mass is 9.93. The van der Waals surface area contributed by atoms with Crippen LogP contribution in [-0.2, 0) is 0 Å². The summed E-state index contributed by atoms with van der Waals surface area (Å²) in [6.45, 7) is 1.90. The fraction of sp³-hybridized carbons (Fsp3) is 0.500. The van der Waals surface area contributed by atoms with Crippen molar-refractivity contribution in [2.24, 2.45) is 5.92 Å². The molecule has 0 saturated carbocycles. The Morgan fingerprint density at radius 1 is 1.53 bits per heavy atom. The minimum Gasteiger partial charge on any atom is -0.497 e. The zero-order chi connectivity index (χ0) is 10.7. The quantitative estimate of drug-likeness (QED) is 0.821. The molecular formula is C12H16FNO. The first-order valence-electron chi connectivity index (χ1n) is 5.28. The van der Waals surface area contributed by atoms with Crippen molar-refractivity contribution in [3.05, 3.63) is 29.8 Å². The van der Waals surface area contributed by atoms with E-state index < -0.39 is 6.17 Å². The van der Waals surface area contributed by atoms with Crippen LogP contribution in [-0.4, -0.2) is 20.2 Å². The molecule has 0 amide bonds. The standard InChI is InChI=1S/C12H16FNO/c1-15-11-4-2-3-10(6-11)12(13)5-9-7-14-8-9/h2-4,6,9,12,14H,5,7-8H2,1H3. The van der Waals surface area contributed by atoms with Crippen molar-refractivity contribution in [3.8, 4) is 5.75 Å². The molecular weight excluding hydrogens is 193 g/mol. The molecule has 1 aromatic rings. The molecule has 1 saturated heterocycles.